The summed E-state index contributed by atoms with van der Waals surface area (Å²) in [5.41, 5.74) is 0.703. The molecule has 102 valence electrons. The summed E-state index contributed by atoms with van der Waals surface area (Å²) >= 11 is 5.86. The van der Waals surface area contributed by atoms with Gasteiger partial charge in [0.15, 0.2) is 0 Å². The van der Waals surface area contributed by atoms with Crippen LogP contribution in [0, 0.1) is 10.1 Å². The third-order valence-corrected chi connectivity index (χ3v) is 2.66. The Labute approximate surface area is 118 Å². The molecule has 7 nitrogen and oxygen atoms in total. The highest BCUT2D eigenvalue weighted by atomic mass is 35.5. The summed E-state index contributed by atoms with van der Waals surface area (Å²) in [7, 11) is 0. The predicted octanol–water partition coefficient (Wildman–Crippen LogP) is 3.29. The molecule has 2 rings (SSSR count). The van der Waals surface area contributed by atoms with Gasteiger partial charge in [-0.1, -0.05) is 11.6 Å². The lowest BCUT2D eigenvalue weighted by molar-refractivity contribution is -0.384. The molecule has 1 aromatic carbocycles. The van der Waals surface area contributed by atoms with Crippen molar-refractivity contribution in [3.63, 3.8) is 0 Å². The van der Waals surface area contributed by atoms with E-state index in [-0.39, 0.29) is 16.4 Å². The minimum Gasteiger partial charge on any atom is -0.308 e. The average molecular weight is 293 g/mol. The van der Waals surface area contributed by atoms with Gasteiger partial charge >= 0.3 is 6.03 Å². The molecule has 0 radical (unpaired) electrons. The van der Waals surface area contributed by atoms with Gasteiger partial charge in [-0.05, 0) is 18.2 Å². The second-order valence-electron chi connectivity index (χ2n) is 3.74. The van der Waals surface area contributed by atoms with E-state index in [9.17, 15) is 14.9 Å². The van der Waals surface area contributed by atoms with Crippen molar-refractivity contribution >= 4 is 34.7 Å². The molecule has 0 saturated heterocycles. The van der Waals surface area contributed by atoms with Gasteiger partial charge in [-0.15, -0.1) is 0 Å². The van der Waals surface area contributed by atoms with Gasteiger partial charge in [-0.25, -0.2) is 4.79 Å². The number of halogens is 1. The molecule has 2 N–H and O–H groups in total. The highest BCUT2D eigenvalue weighted by molar-refractivity contribution is 6.34. The van der Waals surface area contributed by atoms with Crippen LogP contribution in [0.2, 0.25) is 5.02 Å². The lowest BCUT2D eigenvalue weighted by Gasteiger charge is -2.08. The molecule has 0 fully saturated rings. The van der Waals surface area contributed by atoms with E-state index in [1.54, 1.807) is 12.1 Å². The third-order valence-electron chi connectivity index (χ3n) is 2.35. The lowest BCUT2D eigenvalue weighted by Crippen LogP contribution is -2.19. The monoisotopic (exact) mass is 292 g/mol. The smallest absolute Gasteiger partial charge is 0.308 e. The normalized spacial score (nSPS) is 9.85. The number of non-ortho nitro benzene ring substituents is 1. The van der Waals surface area contributed by atoms with Crippen LogP contribution in [0.15, 0.2) is 42.7 Å². The van der Waals surface area contributed by atoms with Crippen molar-refractivity contribution in [1.82, 2.24) is 4.98 Å². The molecular formula is C12H9ClN4O3. The summed E-state index contributed by atoms with van der Waals surface area (Å²) in [6.45, 7) is 0. The molecule has 1 heterocycles. The highest BCUT2D eigenvalue weighted by Crippen LogP contribution is 2.26. The first-order chi connectivity index (χ1) is 9.56. The van der Waals surface area contributed by atoms with Gasteiger partial charge in [-0.2, -0.15) is 0 Å². The third kappa shape index (κ3) is 3.42. The second kappa shape index (κ2) is 5.98. The molecule has 0 aliphatic carbocycles. The first kappa shape index (κ1) is 13.8. The average Bonchev–Trinajstić information content (AvgIpc) is 2.42. The number of hydrogen-bond acceptors (Lipinski definition) is 4. The number of pyridine rings is 1. The molecule has 0 spiro atoms. The van der Waals surface area contributed by atoms with Crippen molar-refractivity contribution < 1.29 is 9.72 Å². The first-order valence-electron chi connectivity index (χ1n) is 5.48. The number of urea groups is 1. The fourth-order valence-corrected chi connectivity index (χ4v) is 1.66. The van der Waals surface area contributed by atoms with E-state index in [1.807, 2.05) is 0 Å². The molecule has 8 heteroatoms. The van der Waals surface area contributed by atoms with Crippen molar-refractivity contribution in [2.75, 3.05) is 10.6 Å². The SMILES string of the molecule is O=C(Nc1ccncc1)Nc1ccc([N+](=O)[O-])cc1Cl. The van der Waals surface area contributed by atoms with Crippen LogP contribution < -0.4 is 10.6 Å². The Kier molecular flexibility index (Phi) is 4.11. The number of rotatable bonds is 3. The standard InChI is InChI=1S/C12H9ClN4O3/c13-10-7-9(17(19)20)1-2-11(10)16-12(18)15-8-3-5-14-6-4-8/h1-7H,(H2,14,15,16,18). The zero-order valence-electron chi connectivity index (χ0n) is 10.0. The Morgan fingerprint density at radius 1 is 1.20 bits per heavy atom. The predicted molar refractivity (Wildman–Crippen MR) is 75.0 cm³/mol. The molecule has 2 amide bonds. The summed E-state index contributed by atoms with van der Waals surface area (Å²) in [6.07, 6.45) is 3.07. The first-order valence-corrected chi connectivity index (χ1v) is 5.86. The number of carbonyl (C=O) groups excluding carboxylic acids is 1. The second-order valence-corrected chi connectivity index (χ2v) is 4.14. The zero-order valence-corrected chi connectivity index (χ0v) is 10.8. The molecule has 0 atom stereocenters. The van der Waals surface area contributed by atoms with Crippen LogP contribution in [0.3, 0.4) is 0 Å². The van der Waals surface area contributed by atoms with E-state index < -0.39 is 11.0 Å². The molecule has 2 aromatic rings. The quantitative estimate of drug-likeness (QED) is 0.670. The fourth-order valence-electron chi connectivity index (χ4n) is 1.44. The molecule has 0 aliphatic heterocycles. The highest BCUT2D eigenvalue weighted by Gasteiger charge is 2.11. The molecule has 20 heavy (non-hydrogen) atoms. The number of nitro groups is 1. The summed E-state index contributed by atoms with van der Waals surface area (Å²) in [5.74, 6) is 0. The number of hydrogen-bond donors (Lipinski definition) is 2. The van der Waals surface area contributed by atoms with E-state index in [0.717, 1.165) is 0 Å². The van der Waals surface area contributed by atoms with Crippen LogP contribution in [0.1, 0.15) is 0 Å². The summed E-state index contributed by atoms with van der Waals surface area (Å²) in [6, 6.07) is 6.53. The van der Waals surface area contributed by atoms with Crippen molar-refractivity contribution in [2.24, 2.45) is 0 Å². The molecular weight excluding hydrogens is 284 g/mol. The van der Waals surface area contributed by atoms with Gasteiger partial charge in [0, 0.05) is 30.2 Å². The van der Waals surface area contributed by atoms with Crippen LogP contribution in [0.5, 0.6) is 0 Å². The Morgan fingerprint density at radius 3 is 2.50 bits per heavy atom. The van der Waals surface area contributed by atoms with Crippen LogP contribution in [0.4, 0.5) is 21.9 Å². The Bertz CT molecular complexity index is 648. The Hall–Kier alpha value is -2.67. The van der Waals surface area contributed by atoms with Crippen LogP contribution in [0.25, 0.3) is 0 Å². The number of aromatic nitrogens is 1. The van der Waals surface area contributed by atoms with Crippen molar-refractivity contribution in [3.05, 3.63) is 57.9 Å². The number of nitrogens with one attached hydrogen (secondary N) is 2. The topological polar surface area (TPSA) is 97.2 Å². The van der Waals surface area contributed by atoms with E-state index in [0.29, 0.717) is 5.69 Å². The largest absolute Gasteiger partial charge is 0.323 e. The number of nitrogens with zero attached hydrogens (tertiary/aromatic N) is 2. The summed E-state index contributed by atoms with van der Waals surface area (Å²) in [5, 5.41) is 15.7. The fraction of sp³-hybridized carbons (Fsp3) is 0. The minimum atomic E-state index is -0.563. The number of amides is 2. The van der Waals surface area contributed by atoms with Gasteiger partial charge in [0.25, 0.3) is 5.69 Å². The molecule has 1 aromatic heterocycles. The maximum absolute atomic E-state index is 11.7. The van der Waals surface area contributed by atoms with E-state index in [1.165, 1.54) is 30.6 Å². The molecule has 0 bridgehead atoms. The van der Waals surface area contributed by atoms with Gasteiger partial charge in [-0.3, -0.25) is 15.1 Å². The van der Waals surface area contributed by atoms with Gasteiger partial charge in [0.05, 0.1) is 15.6 Å². The summed E-state index contributed by atoms with van der Waals surface area (Å²) in [4.78, 5) is 25.5. The molecule has 0 aliphatic rings. The van der Waals surface area contributed by atoms with Crippen molar-refractivity contribution in [3.8, 4) is 0 Å². The van der Waals surface area contributed by atoms with Crippen LogP contribution in [-0.4, -0.2) is 15.9 Å². The zero-order chi connectivity index (χ0) is 14.5. The Morgan fingerprint density at radius 2 is 1.90 bits per heavy atom. The molecule has 0 unspecified atom stereocenters. The van der Waals surface area contributed by atoms with Gasteiger partial charge in [0.1, 0.15) is 0 Å². The van der Waals surface area contributed by atoms with E-state index in [4.69, 9.17) is 11.6 Å². The number of carbonyl (C=O) groups is 1. The Balaban J connectivity index is 2.06. The number of anilines is 2. The lowest BCUT2D eigenvalue weighted by atomic mass is 10.3. The van der Waals surface area contributed by atoms with Gasteiger partial charge in [0.2, 0.25) is 0 Å². The number of benzene rings is 1. The van der Waals surface area contributed by atoms with Crippen molar-refractivity contribution in [2.45, 2.75) is 0 Å². The number of nitro benzene ring substituents is 1. The minimum absolute atomic E-state index is 0.0871. The van der Waals surface area contributed by atoms with E-state index in [2.05, 4.69) is 15.6 Å². The maximum atomic E-state index is 11.7. The maximum Gasteiger partial charge on any atom is 0.323 e. The summed E-state index contributed by atoms with van der Waals surface area (Å²) < 4.78 is 0. The van der Waals surface area contributed by atoms with Crippen LogP contribution >= 0.6 is 11.6 Å². The van der Waals surface area contributed by atoms with Crippen LogP contribution in [-0.2, 0) is 0 Å². The van der Waals surface area contributed by atoms with E-state index >= 15 is 0 Å². The van der Waals surface area contributed by atoms with Crippen molar-refractivity contribution in [1.29, 1.82) is 0 Å². The molecule has 0 saturated carbocycles. The van der Waals surface area contributed by atoms with Gasteiger partial charge < -0.3 is 10.6 Å².